The van der Waals surface area contributed by atoms with Crippen molar-refractivity contribution >= 4 is 28.5 Å². The number of carboxylic acids is 1. The van der Waals surface area contributed by atoms with Crippen LogP contribution in [0.25, 0.3) is 22.2 Å². The molecule has 0 saturated heterocycles. The lowest BCUT2D eigenvalue weighted by Gasteiger charge is -2.07. The van der Waals surface area contributed by atoms with Gasteiger partial charge in [0.1, 0.15) is 0 Å². The number of rotatable bonds is 2. The van der Waals surface area contributed by atoms with Crippen LogP contribution in [0.3, 0.4) is 0 Å². The van der Waals surface area contributed by atoms with E-state index in [1.54, 1.807) is 12.1 Å². The van der Waals surface area contributed by atoms with Gasteiger partial charge in [0.25, 0.3) is 0 Å². The Labute approximate surface area is 124 Å². The molecule has 0 aliphatic rings. The number of aromatic amines is 1. The summed E-state index contributed by atoms with van der Waals surface area (Å²) in [4.78, 5) is 26.3. The van der Waals surface area contributed by atoms with Gasteiger partial charge in [0, 0.05) is 27.6 Å². The molecule has 0 unspecified atom stereocenters. The molecule has 5 heteroatoms. The number of aromatic carboxylic acids is 1. The monoisotopic (exact) mass is 299 g/mol. The van der Waals surface area contributed by atoms with Crippen molar-refractivity contribution in [1.29, 1.82) is 0 Å². The number of carboxylic acid groups (broad SMARTS) is 1. The summed E-state index contributed by atoms with van der Waals surface area (Å²) in [6.07, 6.45) is 0. The van der Waals surface area contributed by atoms with Crippen LogP contribution in [0.2, 0.25) is 5.02 Å². The molecule has 3 aromatic rings. The first-order valence-electron chi connectivity index (χ1n) is 6.21. The van der Waals surface area contributed by atoms with E-state index in [0.29, 0.717) is 21.6 Å². The quantitative estimate of drug-likeness (QED) is 0.760. The van der Waals surface area contributed by atoms with Crippen molar-refractivity contribution < 1.29 is 9.90 Å². The van der Waals surface area contributed by atoms with Gasteiger partial charge in [-0.3, -0.25) is 4.79 Å². The molecule has 1 aromatic heterocycles. The average molecular weight is 300 g/mol. The van der Waals surface area contributed by atoms with E-state index in [1.807, 2.05) is 18.2 Å². The molecule has 0 aliphatic carbocycles. The Kier molecular flexibility index (Phi) is 3.23. The van der Waals surface area contributed by atoms with Gasteiger partial charge in [-0.25, -0.2) is 4.79 Å². The summed E-state index contributed by atoms with van der Waals surface area (Å²) in [6.45, 7) is 0. The fraction of sp³-hybridized carbons (Fsp3) is 0. The number of benzene rings is 2. The summed E-state index contributed by atoms with van der Waals surface area (Å²) >= 11 is 6.13. The lowest BCUT2D eigenvalue weighted by Crippen LogP contribution is -2.05. The van der Waals surface area contributed by atoms with E-state index in [-0.39, 0.29) is 11.0 Å². The van der Waals surface area contributed by atoms with Gasteiger partial charge in [0.05, 0.1) is 11.3 Å². The van der Waals surface area contributed by atoms with E-state index in [2.05, 4.69) is 4.98 Å². The maximum absolute atomic E-state index is 12.2. The van der Waals surface area contributed by atoms with Gasteiger partial charge in [-0.15, -0.1) is 0 Å². The third-order valence-corrected chi connectivity index (χ3v) is 3.57. The van der Waals surface area contributed by atoms with Crippen molar-refractivity contribution in [2.45, 2.75) is 0 Å². The van der Waals surface area contributed by atoms with E-state index in [4.69, 9.17) is 16.7 Å². The summed E-state index contributed by atoms with van der Waals surface area (Å²) in [6, 6.07) is 13.0. The van der Waals surface area contributed by atoms with E-state index in [9.17, 15) is 9.59 Å². The summed E-state index contributed by atoms with van der Waals surface area (Å²) < 4.78 is 0. The molecule has 0 amide bonds. The Hall–Kier alpha value is -2.59. The molecule has 21 heavy (non-hydrogen) atoms. The number of halogens is 1. The predicted molar refractivity (Wildman–Crippen MR) is 82.0 cm³/mol. The molecule has 0 aliphatic heterocycles. The average Bonchev–Trinajstić information content (AvgIpc) is 2.47. The molecule has 2 aromatic carbocycles. The highest BCUT2D eigenvalue weighted by Gasteiger charge is 2.09. The lowest BCUT2D eigenvalue weighted by molar-refractivity contribution is 0.0697. The zero-order valence-electron chi connectivity index (χ0n) is 10.8. The number of carbonyl (C=O) groups is 1. The van der Waals surface area contributed by atoms with Crippen molar-refractivity contribution in [3.05, 3.63) is 69.3 Å². The molecular formula is C16H10ClNO3. The van der Waals surface area contributed by atoms with Crippen molar-refractivity contribution in [2.24, 2.45) is 0 Å². The Morgan fingerprint density at radius 1 is 1.10 bits per heavy atom. The van der Waals surface area contributed by atoms with Gasteiger partial charge in [0.2, 0.25) is 0 Å². The maximum Gasteiger partial charge on any atom is 0.335 e. The Morgan fingerprint density at radius 3 is 2.57 bits per heavy atom. The molecule has 0 saturated carbocycles. The van der Waals surface area contributed by atoms with E-state index >= 15 is 0 Å². The van der Waals surface area contributed by atoms with Gasteiger partial charge in [-0.1, -0.05) is 29.8 Å². The Balaban J connectivity index is 2.26. The minimum Gasteiger partial charge on any atom is -0.478 e. The van der Waals surface area contributed by atoms with Crippen LogP contribution < -0.4 is 5.43 Å². The zero-order chi connectivity index (χ0) is 15.0. The summed E-state index contributed by atoms with van der Waals surface area (Å²) in [5.41, 5.74) is 1.73. The molecule has 3 rings (SSSR count). The second kappa shape index (κ2) is 5.07. The number of fused-ring (bicyclic) bond motifs is 1. The molecule has 104 valence electrons. The number of hydrogen-bond donors (Lipinski definition) is 2. The standard InChI is InChI=1S/C16H10ClNO3/c17-12-4-2-1-3-10(12)14-8-15(19)11-7-9(16(20)21)5-6-13(11)18-14/h1-8H,(H,18,19)(H,20,21). The summed E-state index contributed by atoms with van der Waals surface area (Å²) in [5.74, 6) is -1.06. The molecule has 0 bridgehead atoms. The van der Waals surface area contributed by atoms with Crippen LogP contribution in [0, 0.1) is 0 Å². The number of nitrogens with one attached hydrogen (secondary N) is 1. The fourth-order valence-corrected chi connectivity index (χ4v) is 2.44. The fourth-order valence-electron chi connectivity index (χ4n) is 2.20. The number of H-pyrrole nitrogens is 1. The molecule has 0 atom stereocenters. The molecule has 0 radical (unpaired) electrons. The van der Waals surface area contributed by atoms with Gasteiger partial charge < -0.3 is 10.1 Å². The smallest absolute Gasteiger partial charge is 0.335 e. The van der Waals surface area contributed by atoms with Crippen molar-refractivity contribution in [1.82, 2.24) is 4.98 Å². The van der Waals surface area contributed by atoms with E-state index < -0.39 is 5.97 Å². The Morgan fingerprint density at radius 2 is 1.86 bits per heavy atom. The van der Waals surface area contributed by atoms with Crippen molar-refractivity contribution in [3.63, 3.8) is 0 Å². The third kappa shape index (κ3) is 2.41. The lowest BCUT2D eigenvalue weighted by atomic mass is 10.1. The van der Waals surface area contributed by atoms with Crippen LogP contribution in [-0.4, -0.2) is 16.1 Å². The van der Waals surface area contributed by atoms with Crippen molar-refractivity contribution in [2.75, 3.05) is 0 Å². The summed E-state index contributed by atoms with van der Waals surface area (Å²) in [7, 11) is 0. The molecule has 1 heterocycles. The van der Waals surface area contributed by atoms with E-state index in [0.717, 1.165) is 5.56 Å². The first-order valence-corrected chi connectivity index (χ1v) is 6.59. The first kappa shape index (κ1) is 13.4. The maximum atomic E-state index is 12.2. The van der Waals surface area contributed by atoms with Crippen LogP contribution in [0.4, 0.5) is 0 Å². The zero-order valence-corrected chi connectivity index (χ0v) is 11.5. The van der Waals surface area contributed by atoms with Gasteiger partial charge >= 0.3 is 5.97 Å². The minimum absolute atomic E-state index is 0.0819. The number of aromatic nitrogens is 1. The predicted octanol–water partition coefficient (Wildman–Crippen LogP) is 3.55. The molecule has 0 spiro atoms. The van der Waals surface area contributed by atoms with Crippen LogP contribution in [0.1, 0.15) is 10.4 Å². The molecule has 2 N–H and O–H groups in total. The highest BCUT2D eigenvalue weighted by molar-refractivity contribution is 6.33. The molecule has 0 fully saturated rings. The van der Waals surface area contributed by atoms with Gasteiger partial charge in [0.15, 0.2) is 5.43 Å². The van der Waals surface area contributed by atoms with Crippen molar-refractivity contribution in [3.8, 4) is 11.3 Å². The molecular weight excluding hydrogens is 290 g/mol. The van der Waals surface area contributed by atoms with E-state index in [1.165, 1.54) is 18.2 Å². The summed E-state index contributed by atoms with van der Waals surface area (Å²) in [5, 5.41) is 9.85. The highest BCUT2D eigenvalue weighted by atomic mass is 35.5. The minimum atomic E-state index is -1.06. The first-order chi connectivity index (χ1) is 10.1. The number of pyridine rings is 1. The van der Waals surface area contributed by atoms with Crippen LogP contribution in [-0.2, 0) is 0 Å². The normalized spacial score (nSPS) is 10.7. The second-order valence-electron chi connectivity index (χ2n) is 4.59. The molecule has 4 nitrogen and oxygen atoms in total. The third-order valence-electron chi connectivity index (χ3n) is 3.24. The van der Waals surface area contributed by atoms with Crippen LogP contribution >= 0.6 is 11.6 Å². The van der Waals surface area contributed by atoms with Crippen LogP contribution in [0.5, 0.6) is 0 Å². The van der Waals surface area contributed by atoms with Gasteiger partial charge in [-0.2, -0.15) is 0 Å². The number of hydrogen-bond acceptors (Lipinski definition) is 2. The second-order valence-corrected chi connectivity index (χ2v) is 5.00. The van der Waals surface area contributed by atoms with Gasteiger partial charge in [-0.05, 0) is 24.3 Å². The Bertz CT molecular complexity index is 915. The highest BCUT2D eigenvalue weighted by Crippen LogP contribution is 2.26. The largest absolute Gasteiger partial charge is 0.478 e. The van der Waals surface area contributed by atoms with Crippen LogP contribution in [0.15, 0.2) is 53.3 Å². The SMILES string of the molecule is O=C(O)c1ccc2[nH]c(-c3ccccc3Cl)cc(=O)c2c1. The topological polar surface area (TPSA) is 70.2 Å².